The summed E-state index contributed by atoms with van der Waals surface area (Å²) in [6.45, 7) is 0. The van der Waals surface area contributed by atoms with Gasteiger partial charge in [-0.15, -0.1) is 0 Å². The van der Waals surface area contributed by atoms with Crippen molar-refractivity contribution >= 4 is 44.8 Å². The fourth-order valence-electron chi connectivity index (χ4n) is 1.53. The predicted molar refractivity (Wildman–Crippen MR) is 76.6 cm³/mol. The van der Waals surface area contributed by atoms with E-state index in [1.165, 1.54) is 24.3 Å². The molecule has 1 heterocycles. The smallest absolute Gasteiger partial charge is 0.272 e. The molecule has 0 atom stereocenters. The highest BCUT2D eigenvalue weighted by atomic mass is 35.5. The van der Waals surface area contributed by atoms with Gasteiger partial charge < -0.3 is 10.3 Å². The fraction of sp³-hybridized carbons (Fsp3) is 0. The minimum atomic E-state index is -3.94. The Morgan fingerprint density at radius 3 is 2.45 bits per heavy atom. The second-order valence-electron chi connectivity index (χ2n) is 3.84. The minimum Gasteiger partial charge on any atom is -0.340 e. The summed E-state index contributed by atoms with van der Waals surface area (Å²) in [4.78, 5) is 14.3. The van der Waals surface area contributed by atoms with E-state index in [1.807, 2.05) is 0 Å². The number of rotatable bonds is 3. The molecule has 1 aromatic heterocycles. The number of hydrogen-bond acceptors (Lipinski definition) is 3. The maximum atomic E-state index is 12.0. The van der Waals surface area contributed by atoms with E-state index in [9.17, 15) is 13.2 Å². The van der Waals surface area contributed by atoms with Crippen molar-refractivity contribution < 1.29 is 13.2 Å². The highest BCUT2D eigenvalue weighted by Gasteiger charge is 2.17. The molecule has 0 aliphatic carbocycles. The van der Waals surface area contributed by atoms with E-state index in [-0.39, 0.29) is 26.5 Å². The summed E-state index contributed by atoms with van der Waals surface area (Å²) in [5, 5.41) is 7.81. The Hall–Kier alpha value is -1.54. The second-order valence-corrected chi connectivity index (χ2v) is 6.16. The molecule has 9 heteroatoms. The first kappa shape index (κ1) is 14.9. The van der Waals surface area contributed by atoms with E-state index < -0.39 is 15.9 Å². The van der Waals surface area contributed by atoms with Crippen LogP contribution in [-0.2, 0) is 10.0 Å². The molecule has 0 aliphatic heterocycles. The zero-order chi connectivity index (χ0) is 14.9. The van der Waals surface area contributed by atoms with Crippen LogP contribution in [0.3, 0.4) is 0 Å². The van der Waals surface area contributed by atoms with Gasteiger partial charge in [0.15, 0.2) is 0 Å². The molecular formula is C11H9Cl2N3O3S. The van der Waals surface area contributed by atoms with E-state index in [2.05, 4.69) is 10.3 Å². The molecule has 0 saturated carbocycles. The van der Waals surface area contributed by atoms with Gasteiger partial charge in [-0.05, 0) is 18.2 Å². The van der Waals surface area contributed by atoms with Crippen molar-refractivity contribution in [2.24, 2.45) is 5.14 Å². The first-order valence-corrected chi connectivity index (χ1v) is 7.56. The number of aromatic amines is 1. The maximum Gasteiger partial charge on any atom is 0.272 e. The first-order chi connectivity index (χ1) is 9.29. The lowest BCUT2D eigenvalue weighted by atomic mass is 10.3. The van der Waals surface area contributed by atoms with E-state index in [0.29, 0.717) is 0 Å². The van der Waals surface area contributed by atoms with Crippen LogP contribution in [0, 0.1) is 0 Å². The SMILES string of the molecule is NS(=O)(=O)c1ccccc1NC(=O)c1cc(Cl)c(Cl)[nH]1. The number of H-pyrrole nitrogens is 1. The Bertz CT molecular complexity index is 751. The molecule has 0 aliphatic rings. The third kappa shape index (κ3) is 3.13. The van der Waals surface area contributed by atoms with Crippen LogP contribution in [0.4, 0.5) is 5.69 Å². The number of halogens is 2. The number of carbonyl (C=O) groups is 1. The average molecular weight is 334 g/mol. The summed E-state index contributed by atoms with van der Waals surface area (Å²) in [7, 11) is -3.94. The maximum absolute atomic E-state index is 12.0. The molecule has 0 unspecified atom stereocenters. The quantitative estimate of drug-likeness (QED) is 0.801. The lowest BCUT2D eigenvalue weighted by Gasteiger charge is -2.08. The molecule has 106 valence electrons. The van der Waals surface area contributed by atoms with Gasteiger partial charge >= 0.3 is 0 Å². The van der Waals surface area contributed by atoms with E-state index in [4.69, 9.17) is 28.3 Å². The van der Waals surface area contributed by atoms with Crippen LogP contribution in [0.1, 0.15) is 10.5 Å². The molecule has 2 rings (SSSR count). The molecule has 0 saturated heterocycles. The molecule has 1 amide bonds. The molecule has 0 bridgehead atoms. The number of para-hydroxylation sites is 1. The van der Waals surface area contributed by atoms with Crippen molar-refractivity contribution in [1.82, 2.24) is 4.98 Å². The summed E-state index contributed by atoms with van der Waals surface area (Å²) in [6, 6.07) is 7.11. The summed E-state index contributed by atoms with van der Waals surface area (Å²) < 4.78 is 22.8. The first-order valence-electron chi connectivity index (χ1n) is 5.26. The Balaban J connectivity index is 2.33. The van der Waals surface area contributed by atoms with Crippen molar-refractivity contribution in [2.75, 3.05) is 5.32 Å². The topological polar surface area (TPSA) is 105 Å². The highest BCUT2D eigenvalue weighted by molar-refractivity contribution is 7.89. The van der Waals surface area contributed by atoms with Crippen molar-refractivity contribution in [3.8, 4) is 0 Å². The van der Waals surface area contributed by atoms with Crippen molar-refractivity contribution in [1.29, 1.82) is 0 Å². The van der Waals surface area contributed by atoms with Gasteiger partial charge in [0.2, 0.25) is 10.0 Å². The van der Waals surface area contributed by atoms with E-state index in [0.717, 1.165) is 0 Å². The number of primary sulfonamides is 1. The van der Waals surface area contributed by atoms with Crippen LogP contribution in [-0.4, -0.2) is 19.3 Å². The van der Waals surface area contributed by atoms with Gasteiger partial charge in [-0.2, -0.15) is 0 Å². The van der Waals surface area contributed by atoms with Gasteiger partial charge in [-0.3, -0.25) is 4.79 Å². The predicted octanol–water partition coefficient (Wildman–Crippen LogP) is 2.22. The van der Waals surface area contributed by atoms with Crippen molar-refractivity contribution in [3.63, 3.8) is 0 Å². The number of hydrogen-bond donors (Lipinski definition) is 3. The van der Waals surface area contributed by atoms with E-state index >= 15 is 0 Å². The fourth-order valence-corrected chi connectivity index (χ4v) is 2.54. The molecule has 6 nitrogen and oxygen atoms in total. The molecule has 0 spiro atoms. The molecule has 4 N–H and O–H groups in total. The van der Waals surface area contributed by atoms with Crippen LogP contribution in [0.15, 0.2) is 35.2 Å². The monoisotopic (exact) mass is 333 g/mol. The molecule has 20 heavy (non-hydrogen) atoms. The van der Waals surface area contributed by atoms with Crippen LogP contribution in [0.2, 0.25) is 10.2 Å². The standard InChI is InChI=1S/C11H9Cl2N3O3S/c12-6-5-8(15-10(6)13)11(17)16-7-3-1-2-4-9(7)20(14,18)19/h1-5,15H,(H,16,17)(H2,14,18,19). The Kier molecular flexibility index (Phi) is 4.05. The lowest BCUT2D eigenvalue weighted by Crippen LogP contribution is -2.18. The molecule has 0 fully saturated rings. The summed E-state index contributed by atoms with van der Waals surface area (Å²) >= 11 is 11.4. The van der Waals surface area contributed by atoms with Gasteiger partial charge in [-0.25, -0.2) is 13.6 Å². The van der Waals surface area contributed by atoms with Crippen molar-refractivity contribution in [3.05, 3.63) is 46.2 Å². The minimum absolute atomic E-state index is 0.0712. The zero-order valence-corrected chi connectivity index (χ0v) is 12.2. The Labute approximate surface area is 124 Å². The van der Waals surface area contributed by atoms with Crippen molar-refractivity contribution in [2.45, 2.75) is 4.90 Å². The third-order valence-electron chi connectivity index (χ3n) is 2.41. The number of carbonyl (C=O) groups excluding carboxylic acids is 1. The number of nitrogens with two attached hydrogens (primary N) is 1. The van der Waals surface area contributed by atoms with Gasteiger partial charge in [0.05, 0.1) is 10.7 Å². The normalized spacial score (nSPS) is 11.3. The van der Waals surface area contributed by atoms with Gasteiger partial charge in [0, 0.05) is 0 Å². The van der Waals surface area contributed by atoms with E-state index in [1.54, 1.807) is 6.07 Å². The lowest BCUT2D eigenvalue weighted by molar-refractivity contribution is 0.102. The average Bonchev–Trinajstić information content (AvgIpc) is 2.69. The largest absolute Gasteiger partial charge is 0.340 e. The number of nitrogens with one attached hydrogen (secondary N) is 2. The van der Waals surface area contributed by atoms with Crippen LogP contribution in [0.5, 0.6) is 0 Å². The molecular weight excluding hydrogens is 325 g/mol. The summed E-state index contributed by atoms with van der Waals surface area (Å²) in [5.74, 6) is -0.588. The third-order valence-corrected chi connectivity index (χ3v) is 4.07. The van der Waals surface area contributed by atoms with Crippen LogP contribution < -0.4 is 10.5 Å². The van der Waals surface area contributed by atoms with Crippen LogP contribution in [0.25, 0.3) is 0 Å². The number of aromatic nitrogens is 1. The molecule has 2 aromatic rings. The number of benzene rings is 1. The Morgan fingerprint density at radius 1 is 1.25 bits per heavy atom. The highest BCUT2D eigenvalue weighted by Crippen LogP contribution is 2.24. The second kappa shape index (κ2) is 5.45. The molecule has 0 radical (unpaired) electrons. The number of sulfonamides is 1. The number of amides is 1. The van der Waals surface area contributed by atoms with Gasteiger partial charge in [0.1, 0.15) is 15.7 Å². The Morgan fingerprint density at radius 2 is 1.90 bits per heavy atom. The molecule has 1 aromatic carbocycles. The summed E-state index contributed by atoms with van der Waals surface area (Å²) in [6.07, 6.45) is 0. The zero-order valence-electron chi connectivity index (χ0n) is 9.85. The number of anilines is 1. The van der Waals surface area contributed by atoms with Crippen LogP contribution >= 0.6 is 23.2 Å². The van der Waals surface area contributed by atoms with Gasteiger partial charge in [0.25, 0.3) is 5.91 Å². The summed E-state index contributed by atoms with van der Waals surface area (Å²) in [5.41, 5.74) is 0.172. The van der Waals surface area contributed by atoms with Gasteiger partial charge in [-0.1, -0.05) is 35.3 Å².